The third-order valence-electron chi connectivity index (χ3n) is 3.25. The lowest BCUT2D eigenvalue weighted by Crippen LogP contribution is -2.40. The van der Waals surface area contributed by atoms with Crippen LogP contribution in [-0.4, -0.2) is 11.8 Å². The number of halogens is 3. The predicted octanol–water partition coefficient (Wildman–Crippen LogP) is 3.39. The van der Waals surface area contributed by atoms with Crippen LogP contribution in [0, 0.1) is 13.8 Å². The van der Waals surface area contributed by atoms with E-state index in [9.17, 15) is 22.8 Å². The smallest absolute Gasteiger partial charge is 0.416 e. The first kappa shape index (κ1) is 18.3. The number of alkyl halides is 3. The zero-order chi connectivity index (χ0) is 18.6. The predicted molar refractivity (Wildman–Crippen MR) is 84.3 cm³/mol. The summed E-state index contributed by atoms with van der Waals surface area (Å²) in [5.41, 5.74) is 4.33. The minimum atomic E-state index is -4.41. The summed E-state index contributed by atoms with van der Waals surface area (Å²) in [6, 6.07) is 5.85. The molecule has 0 bridgehead atoms. The van der Waals surface area contributed by atoms with E-state index in [0.717, 1.165) is 18.2 Å². The lowest BCUT2D eigenvalue weighted by atomic mass is 10.1. The molecular formula is C17H15F3N2O3. The lowest BCUT2D eigenvalue weighted by Gasteiger charge is -2.06. The summed E-state index contributed by atoms with van der Waals surface area (Å²) in [5, 5.41) is 0. The molecule has 1 aromatic carbocycles. The molecule has 2 aromatic rings. The number of benzene rings is 1. The van der Waals surface area contributed by atoms with Crippen LogP contribution in [0.25, 0.3) is 6.08 Å². The number of hydrogen-bond donors (Lipinski definition) is 2. The average Bonchev–Trinajstić information content (AvgIpc) is 2.88. The zero-order valence-corrected chi connectivity index (χ0v) is 13.4. The Hall–Kier alpha value is -3.03. The highest BCUT2D eigenvalue weighted by atomic mass is 19.4. The second kappa shape index (κ2) is 7.25. The van der Waals surface area contributed by atoms with Crippen LogP contribution in [0.3, 0.4) is 0 Å². The largest absolute Gasteiger partial charge is 0.466 e. The van der Waals surface area contributed by atoms with E-state index in [4.69, 9.17) is 4.42 Å². The first-order valence-corrected chi connectivity index (χ1v) is 7.19. The Labute approximate surface area is 141 Å². The highest BCUT2D eigenvalue weighted by Gasteiger charge is 2.29. The summed E-state index contributed by atoms with van der Waals surface area (Å²) in [5.74, 6) is -0.183. The Morgan fingerprint density at radius 1 is 1.08 bits per heavy atom. The molecule has 2 amide bonds. The zero-order valence-electron chi connectivity index (χ0n) is 13.4. The van der Waals surface area contributed by atoms with Crippen LogP contribution in [0.1, 0.15) is 33.0 Å². The third kappa shape index (κ3) is 4.97. The molecule has 1 aromatic heterocycles. The molecule has 5 nitrogen and oxygen atoms in total. The van der Waals surface area contributed by atoms with E-state index in [1.165, 1.54) is 24.3 Å². The average molecular weight is 352 g/mol. The molecule has 0 spiro atoms. The summed E-state index contributed by atoms with van der Waals surface area (Å²) < 4.78 is 42.6. The van der Waals surface area contributed by atoms with Gasteiger partial charge in [-0.25, -0.2) is 0 Å². The number of furan rings is 1. The molecule has 0 unspecified atom stereocenters. The number of rotatable bonds is 3. The molecule has 8 heteroatoms. The molecule has 0 radical (unpaired) electrons. The molecule has 0 aliphatic heterocycles. The molecule has 1 heterocycles. The summed E-state index contributed by atoms with van der Waals surface area (Å²) in [7, 11) is 0. The fourth-order valence-electron chi connectivity index (χ4n) is 2.04. The Morgan fingerprint density at radius 3 is 2.24 bits per heavy atom. The monoisotopic (exact) mass is 352 g/mol. The molecule has 132 valence electrons. The summed E-state index contributed by atoms with van der Waals surface area (Å²) in [4.78, 5) is 23.5. The number of carbonyl (C=O) groups is 2. The van der Waals surface area contributed by atoms with Crippen molar-refractivity contribution >= 4 is 17.9 Å². The van der Waals surface area contributed by atoms with Crippen molar-refractivity contribution in [2.24, 2.45) is 0 Å². The van der Waals surface area contributed by atoms with Gasteiger partial charge in [-0.2, -0.15) is 13.2 Å². The van der Waals surface area contributed by atoms with Crippen molar-refractivity contribution in [2.45, 2.75) is 20.0 Å². The van der Waals surface area contributed by atoms with E-state index in [-0.39, 0.29) is 0 Å². The number of carbonyl (C=O) groups excluding carboxylic acids is 2. The summed E-state index contributed by atoms with van der Waals surface area (Å²) in [6.07, 6.45) is -1.99. The topological polar surface area (TPSA) is 71.3 Å². The van der Waals surface area contributed by atoms with Gasteiger partial charge in [0.2, 0.25) is 0 Å². The van der Waals surface area contributed by atoms with Gasteiger partial charge < -0.3 is 4.42 Å². The maximum absolute atomic E-state index is 12.5. The molecule has 0 fully saturated rings. The quantitative estimate of drug-likeness (QED) is 0.657. The highest BCUT2D eigenvalue weighted by Crippen LogP contribution is 2.29. The van der Waals surface area contributed by atoms with Gasteiger partial charge in [0.05, 0.1) is 11.1 Å². The van der Waals surface area contributed by atoms with Gasteiger partial charge in [-0.1, -0.05) is 12.1 Å². The molecule has 25 heavy (non-hydrogen) atoms. The normalized spacial score (nSPS) is 11.6. The van der Waals surface area contributed by atoms with E-state index in [0.29, 0.717) is 22.6 Å². The molecule has 0 aliphatic carbocycles. The first-order valence-electron chi connectivity index (χ1n) is 7.19. The molecule has 0 aliphatic rings. The van der Waals surface area contributed by atoms with Crippen molar-refractivity contribution in [3.8, 4) is 0 Å². The van der Waals surface area contributed by atoms with Crippen molar-refractivity contribution in [1.82, 2.24) is 10.9 Å². The van der Waals surface area contributed by atoms with Crippen LogP contribution in [0.15, 0.2) is 40.8 Å². The van der Waals surface area contributed by atoms with Crippen LogP contribution in [-0.2, 0) is 11.0 Å². The van der Waals surface area contributed by atoms with Crippen LogP contribution < -0.4 is 10.9 Å². The second-order valence-electron chi connectivity index (χ2n) is 5.22. The van der Waals surface area contributed by atoms with Gasteiger partial charge >= 0.3 is 6.18 Å². The minimum absolute atomic E-state index is 0.296. The van der Waals surface area contributed by atoms with Crippen LogP contribution in [0.2, 0.25) is 0 Å². The Balaban J connectivity index is 1.90. The Bertz CT molecular complexity index is 806. The Morgan fingerprint density at radius 2 is 1.72 bits per heavy atom. The van der Waals surface area contributed by atoms with E-state index in [2.05, 4.69) is 10.9 Å². The van der Waals surface area contributed by atoms with E-state index >= 15 is 0 Å². The third-order valence-corrected chi connectivity index (χ3v) is 3.25. The van der Waals surface area contributed by atoms with Crippen molar-refractivity contribution in [1.29, 1.82) is 0 Å². The van der Waals surface area contributed by atoms with E-state index < -0.39 is 23.6 Å². The van der Waals surface area contributed by atoms with E-state index in [1.54, 1.807) is 13.8 Å². The van der Waals surface area contributed by atoms with Crippen molar-refractivity contribution in [3.05, 3.63) is 64.6 Å². The fraction of sp³-hybridized carbons (Fsp3) is 0.176. The van der Waals surface area contributed by atoms with Gasteiger partial charge in [0.15, 0.2) is 0 Å². The summed E-state index contributed by atoms with van der Waals surface area (Å²) in [6.45, 7) is 3.31. The fourth-order valence-corrected chi connectivity index (χ4v) is 2.04. The number of aryl methyl sites for hydroxylation is 2. The van der Waals surface area contributed by atoms with Crippen molar-refractivity contribution in [2.75, 3.05) is 0 Å². The molecule has 0 saturated heterocycles. The molecule has 0 atom stereocenters. The lowest BCUT2D eigenvalue weighted by molar-refractivity contribution is -0.137. The molecule has 2 rings (SSSR count). The van der Waals surface area contributed by atoms with E-state index in [1.807, 2.05) is 0 Å². The number of amides is 2. The van der Waals surface area contributed by atoms with Gasteiger partial charge in [-0.3, -0.25) is 20.4 Å². The van der Waals surface area contributed by atoms with Gasteiger partial charge in [-0.05, 0) is 43.7 Å². The maximum atomic E-state index is 12.5. The maximum Gasteiger partial charge on any atom is 0.416 e. The Kier molecular flexibility index (Phi) is 5.31. The van der Waals surface area contributed by atoms with Gasteiger partial charge in [0, 0.05) is 6.08 Å². The number of hydrazine groups is 1. The standard InChI is InChI=1S/C17H15F3N2O3/c1-10-9-14(11(2)25-10)16(24)22-21-15(23)8-5-12-3-6-13(7-4-12)17(18,19)20/h3-9H,1-2H3,(H,21,23)(H,22,24)/b8-5+. The van der Waals surface area contributed by atoms with Crippen LogP contribution >= 0.6 is 0 Å². The second-order valence-corrected chi connectivity index (χ2v) is 5.22. The van der Waals surface area contributed by atoms with Gasteiger partial charge in [0.1, 0.15) is 11.5 Å². The highest BCUT2D eigenvalue weighted by molar-refractivity contribution is 5.98. The molecular weight excluding hydrogens is 337 g/mol. The van der Waals surface area contributed by atoms with Crippen molar-refractivity contribution in [3.63, 3.8) is 0 Å². The first-order chi connectivity index (χ1) is 11.7. The van der Waals surface area contributed by atoms with Gasteiger partial charge in [-0.15, -0.1) is 0 Å². The van der Waals surface area contributed by atoms with Crippen LogP contribution in [0.4, 0.5) is 13.2 Å². The molecule has 2 N–H and O–H groups in total. The van der Waals surface area contributed by atoms with Gasteiger partial charge in [0.25, 0.3) is 11.8 Å². The van der Waals surface area contributed by atoms with Crippen LogP contribution in [0.5, 0.6) is 0 Å². The van der Waals surface area contributed by atoms with Crippen molar-refractivity contribution < 1.29 is 27.2 Å². The SMILES string of the molecule is Cc1cc(C(=O)NNC(=O)/C=C/c2ccc(C(F)(F)F)cc2)c(C)o1. The summed E-state index contributed by atoms with van der Waals surface area (Å²) >= 11 is 0. The number of hydrogen-bond acceptors (Lipinski definition) is 3. The minimum Gasteiger partial charge on any atom is -0.466 e. The number of nitrogens with one attached hydrogen (secondary N) is 2. The molecule has 0 saturated carbocycles.